The van der Waals surface area contributed by atoms with E-state index in [1.54, 1.807) is 4.31 Å². The van der Waals surface area contributed by atoms with Crippen LogP contribution in [0.3, 0.4) is 0 Å². The predicted octanol–water partition coefficient (Wildman–Crippen LogP) is 0.935. The Labute approximate surface area is 175 Å². The molecule has 0 aliphatic carbocycles. The lowest BCUT2D eigenvalue weighted by atomic mass is 10.1. The molecular formula is C19H32N4O4S2. The van der Waals surface area contributed by atoms with Crippen molar-refractivity contribution in [2.75, 3.05) is 61.6 Å². The molecule has 2 aliphatic heterocycles. The summed E-state index contributed by atoms with van der Waals surface area (Å²) in [6, 6.07) is 6.37. The fourth-order valence-corrected chi connectivity index (χ4v) is 6.47. The van der Waals surface area contributed by atoms with Gasteiger partial charge in [0.25, 0.3) is 0 Å². The quantitative estimate of drug-likeness (QED) is 0.687. The molecule has 0 saturated carbocycles. The Bertz CT molecular complexity index is 964. The van der Waals surface area contributed by atoms with Crippen LogP contribution in [0.15, 0.2) is 18.2 Å². The van der Waals surface area contributed by atoms with Crippen molar-refractivity contribution in [3.05, 3.63) is 23.8 Å². The molecule has 0 N–H and O–H groups in total. The summed E-state index contributed by atoms with van der Waals surface area (Å²) in [5, 5.41) is 0. The van der Waals surface area contributed by atoms with Crippen molar-refractivity contribution in [1.82, 2.24) is 8.61 Å². The van der Waals surface area contributed by atoms with E-state index in [1.807, 2.05) is 13.8 Å². The number of piperazine rings is 2. The highest BCUT2D eigenvalue weighted by Crippen LogP contribution is 2.30. The number of rotatable bonds is 4. The molecule has 2 saturated heterocycles. The monoisotopic (exact) mass is 444 g/mol. The molecular weight excluding hydrogens is 412 g/mol. The number of aryl methyl sites for hydroxylation is 1. The second-order valence-corrected chi connectivity index (χ2v) is 12.2. The zero-order chi connectivity index (χ0) is 21.6. The van der Waals surface area contributed by atoms with E-state index >= 15 is 0 Å². The van der Waals surface area contributed by atoms with Gasteiger partial charge in [0.2, 0.25) is 20.0 Å². The van der Waals surface area contributed by atoms with Crippen molar-refractivity contribution in [3.63, 3.8) is 0 Å². The average molecular weight is 445 g/mol. The molecule has 0 amide bonds. The largest absolute Gasteiger partial charge is 0.368 e. The molecule has 2 fully saturated rings. The van der Waals surface area contributed by atoms with Gasteiger partial charge >= 0.3 is 0 Å². The third kappa shape index (κ3) is 4.87. The number of hydrogen-bond donors (Lipinski definition) is 0. The first-order valence-corrected chi connectivity index (χ1v) is 13.6. The minimum absolute atomic E-state index is 0.0677. The van der Waals surface area contributed by atoms with Gasteiger partial charge in [-0.3, -0.25) is 0 Å². The summed E-state index contributed by atoms with van der Waals surface area (Å²) < 4.78 is 50.6. The molecule has 0 aromatic heterocycles. The van der Waals surface area contributed by atoms with E-state index in [0.717, 1.165) is 16.9 Å². The lowest BCUT2D eigenvalue weighted by Gasteiger charge is -2.41. The number of anilines is 2. The molecule has 164 valence electrons. The molecule has 10 heteroatoms. The molecule has 0 bridgehead atoms. The minimum atomic E-state index is -3.18. The van der Waals surface area contributed by atoms with Crippen LogP contribution in [0.25, 0.3) is 0 Å². The number of benzene rings is 1. The summed E-state index contributed by atoms with van der Waals surface area (Å²) in [5.41, 5.74) is 3.35. The van der Waals surface area contributed by atoms with Crippen molar-refractivity contribution in [2.24, 2.45) is 0 Å². The normalized spacial score (nSPS) is 25.4. The molecule has 29 heavy (non-hydrogen) atoms. The molecule has 0 radical (unpaired) electrons. The molecule has 1 aromatic rings. The standard InChI is InChI=1S/C19H32N4O4S2/c1-15-12-18(22-10-9-21(14-16(22)2)28(4,24)25)6-7-19(15)20-8-11-23(17(3)13-20)29(5,26)27/h6-7,12,16-17H,8-11,13-14H2,1-5H3/t16-,17-/m1/s1. The Balaban J connectivity index is 1.73. The lowest BCUT2D eigenvalue weighted by Crippen LogP contribution is -2.54. The molecule has 2 aliphatic rings. The van der Waals surface area contributed by atoms with Crippen molar-refractivity contribution in [2.45, 2.75) is 32.9 Å². The topological polar surface area (TPSA) is 81.2 Å². The van der Waals surface area contributed by atoms with Gasteiger partial charge in [0.05, 0.1) is 12.5 Å². The van der Waals surface area contributed by atoms with Gasteiger partial charge < -0.3 is 9.80 Å². The fraction of sp³-hybridized carbons (Fsp3) is 0.684. The Hall–Kier alpha value is -1.36. The molecule has 3 rings (SSSR count). The Kier molecular flexibility index (Phi) is 6.20. The van der Waals surface area contributed by atoms with Crippen LogP contribution in [0.4, 0.5) is 11.4 Å². The minimum Gasteiger partial charge on any atom is -0.368 e. The van der Waals surface area contributed by atoms with Crippen molar-refractivity contribution < 1.29 is 16.8 Å². The van der Waals surface area contributed by atoms with Gasteiger partial charge in [0, 0.05) is 62.7 Å². The van der Waals surface area contributed by atoms with Crippen molar-refractivity contribution >= 4 is 31.4 Å². The first kappa shape index (κ1) is 22.3. The summed E-state index contributed by atoms with van der Waals surface area (Å²) in [7, 11) is -6.34. The highest BCUT2D eigenvalue weighted by atomic mass is 32.2. The summed E-state index contributed by atoms with van der Waals surface area (Å²) in [4.78, 5) is 4.50. The molecule has 8 nitrogen and oxygen atoms in total. The van der Waals surface area contributed by atoms with Gasteiger partial charge in [-0.05, 0) is 44.5 Å². The van der Waals surface area contributed by atoms with E-state index in [1.165, 1.54) is 16.8 Å². The first-order valence-electron chi connectivity index (χ1n) is 9.92. The van der Waals surface area contributed by atoms with Gasteiger partial charge in [-0.25, -0.2) is 16.8 Å². The maximum absolute atomic E-state index is 11.9. The summed E-state index contributed by atoms with van der Waals surface area (Å²) in [5.74, 6) is 0. The van der Waals surface area contributed by atoms with Crippen LogP contribution in [0.2, 0.25) is 0 Å². The van der Waals surface area contributed by atoms with Crippen LogP contribution >= 0.6 is 0 Å². The van der Waals surface area contributed by atoms with Gasteiger partial charge in [-0.2, -0.15) is 8.61 Å². The predicted molar refractivity (Wildman–Crippen MR) is 118 cm³/mol. The van der Waals surface area contributed by atoms with E-state index in [-0.39, 0.29) is 12.1 Å². The zero-order valence-electron chi connectivity index (χ0n) is 17.9. The van der Waals surface area contributed by atoms with E-state index in [0.29, 0.717) is 39.3 Å². The Morgan fingerprint density at radius 3 is 2.07 bits per heavy atom. The zero-order valence-corrected chi connectivity index (χ0v) is 19.5. The smallest absolute Gasteiger partial charge is 0.211 e. The first-order chi connectivity index (χ1) is 13.4. The second-order valence-electron chi connectivity index (χ2n) is 8.30. The highest BCUT2D eigenvalue weighted by molar-refractivity contribution is 7.88. The summed E-state index contributed by atoms with van der Waals surface area (Å²) in [6.45, 7) is 9.54. The third-order valence-electron chi connectivity index (χ3n) is 5.90. The van der Waals surface area contributed by atoms with Crippen molar-refractivity contribution in [3.8, 4) is 0 Å². The number of hydrogen-bond acceptors (Lipinski definition) is 6. The second kappa shape index (κ2) is 8.05. The maximum atomic E-state index is 11.9. The van der Waals surface area contributed by atoms with Crippen LogP contribution < -0.4 is 9.80 Å². The Morgan fingerprint density at radius 2 is 1.55 bits per heavy atom. The van der Waals surface area contributed by atoms with Gasteiger partial charge in [0.1, 0.15) is 0 Å². The van der Waals surface area contributed by atoms with Crippen molar-refractivity contribution in [1.29, 1.82) is 0 Å². The van der Waals surface area contributed by atoms with Crippen LogP contribution in [-0.4, -0.2) is 89.3 Å². The average Bonchev–Trinajstić information content (AvgIpc) is 2.59. The van der Waals surface area contributed by atoms with E-state index in [2.05, 4.69) is 34.9 Å². The third-order valence-corrected chi connectivity index (χ3v) is 8.57. The summed E-state index contributed by atoms with van der Waals surface area (Å²) in [6.07, 6.45) is 2.53. The highest BCUT2D eigenvalue weighted by Gasteiger charge is 2.31. The lowest BCUT2D eigenvalue weighted by molar-refractivity contribution is 0.309. The fourth-order valence-electron chi connectivity index (χ4n) is 4.43. The molecule has 2 heterocycles. The van der Waals surface area contributed by atoms with E-state index < -0.39 is 20.0 Å². The van der Waals surface area contributed by atoms with Gasteiger partial charge in [-0.15, -0.1) is 0 Å². The van der Waals surface area contributed by atoms with Gasteiger partial charge in [-0.1, -0.05) is 0 Å². The van der Waals surface area contributed by atoms with Crippen LogP contribution in [-0.2, 0) is 20.0 Å². The van der Waals surface area contributed by atoms with E-state index in [9.17, 15) is 16.8 Å². The number of nitrogens with zero attached hydrogens (tertiary/aromatic N) is 4. The maximum Gasteiger partial charge on any atom is 0.211 e. The molecule has 0 spiro atoms. The molecule has 2 atom stereocenters. The molecule has 1 aromatic carbocycles. The Morgan fingerprint density at radius 1 is 0.862 bits per heavy atom. The number of sulfonamides is 2. The van der Waals surface area contributed by atoms with Crippen LogP contribution in [0, 0.1) is 6.92 Å². The van der Waals surface area contributed by atoms with Crippen LogP contribution in [0.5, 0.6) is 0 Å². The molecule has 0 unspecified atom stereocenters. The van der Waals surface area contributed by atoms with E-state index in [4.69, 9.17) is 0 Å². The van der Waals surface area contributed by atoms with Crippen LogP contribution in [0.1, 0.15) is 19.4 Å². The summed E-state index contributed by atoms with van der Waals surface area (Å²) >= 11 is 0. The van der Waals surface area contributed by atoms with Gasteiger partial charge in [0.15, 0.2) is 0 Å². The SMILES string of the molecule is Cc1cc(N2CCN(S(C)(=O)=O)C[C@H]2C)ccc1N1CCN(S(C)(=O)=O)[C@H](C)C1.